The average molecular weight is 378 g/mol. The summed E-state index contributed by atoms with van der Waals surface area (Å²) in [4.78, 5) is 26.5. The van der Waals surface area contributed by atoms with Gasteiger partial charge in [0.15, 0.2) is 0 Å². The van der Waals surface area contributed by atoms with Gasteiger partial charge in [-0.05, 0) is 44.0 Å². The Kier molecular flexibility index (Phi) is 4.57. The molecule has 4 rings (SSSR count). The van der Waals surface area contributed by atoms with Gasteiger partial charge in [-0.25, -0.2) is 4.79 Å². The number of amides is 3. The van der Waals surface area contributed by atoms with Crippen molar-refractivity contribution in [2.75, 3.05) is 26.2 Å². The molecule has 4 atom stereocenters. The second kappa shape index (κ2) is 6.74. The molecule has 7 heteroatoms. The molecule has 0 unspecified atom stereocenters. The second-order valence-corrected chi connectivity index (χ2v) is 7.90. The molecule has 6 nitrogen and oxygen atoms in total. The maximum Gasteiger partial charge on any atom is 0.317 e. The molecule has 0 aromatic heterocycles. The molecule has 3 aliphatic rings. The fraction of sp³-hybridized carbons (Fsp3) is 0.579. The van der Waals surface area contributed by atoms with Crippen molar-refractivity contribution in [2.24, 2.45) is 11.8 Å². The molecule has 2 N–H and O–H groups in total. The van der Waals surface area contributed by atoms with Crippen LogP contribution in [-0.2, 0) is 4.74 Å². The molecule has 3 saturated heterocycles. The molecule has 1 spiro atoms. The molecule has 0 radical (unpaired) electrons. The van der Waals surface area contributed by atoms with Crippen molar-refractivity contribution in [3.63, 3.8) is 0 Å². The van der Waals surface area contributed by atoms with E-state index in [1.807, 2.05) is 11.8 Å². The van der Waals surface area contributed by atoms with Crippen LogP contribution in [0.25, 0.3) is 0 Å². The van der Waals surface area contributed by atoms with E-state index in [4.69, 9.17) is 16.3 Å². The number of ether oxygens (including phenoxy) is 1. The van der Waals surface area contributed by atoms with Crippen molar-refractivity contribution < 1.29 is 14.3 Å². The first-order valence-corrected chi connectivity index (χ1v) is 9.64. The van der Waals surface area contributed by atoms with Crippen molar-refractivity contribution in [2.45, 2.75) is 31.5 Å². The predicted molar refractivity (Wildman–Crippen MR) is 98.2 cm³/mol. The van der Waals surface area contributed by atoms with E-state index in [-0.39, 0.29) is 35.5 Å². The van der Waals surface area contributed by atoms with Gasteiger partial charge in [0.25, 0.3) is 5.91 Å². The van der Waals surface area contributed by atoms with E-state index in [2.05, 4.69) is 10.6 Å². The summed E-state index contributed by atoms with van der Waals surface area (Å²) in [5.74, 6) is 0.436. The summed E-state index contributed by atoms with van der Waals surface area (Å²) < 4.78 is 6.32. The van der Waals surface area contributed by atoms with Crippen molar-refractivity contribution in [3.05, 3.63) is 34.9 Å². The minimum Gasteiger partial charge on any atom is -0.369 e. The first-order valence-electron chi connectivity index (χ1n) is 9.27. The number of nitrogens with one attached hydrogen (secondary N) is 2. The zero-order valence-corrected chi connectivity index (χ0v) is 15.6. The number of urea groups is 1. The summed E-state index contributed by atoms with van der Waals surface area (Å²) in [5, 5.41) is 6.53. The lowest BCUT2D eigenvalue weighted by Gasteiger charge is -2.29. The van der Waals surface area contributed by atoms with Gasteiger partial charge in [-0.3, -0.25) is 4.79 Å². The number of hydrogen-bond donors (Lipinski definition) is 2. The Morgan fingerprint density at radius 3 is 2.81 bits per heavy atom. The summed E-state index contributed by atoms with van der Waals surface area (Å²) in [6.45, 7) is 4.47. The largest absolute Gasteiger partial charge is 0.369 e. The number of nitrogens with zero attached hydrogens (tertiary/aromatic N) is 1. The first kappa shape index (κ1) is 17.6. The molecule has 3 fully saturated rings. The Morgan fingerprint density at radius 1 is 1.31 bits per heavy atom. The van der Waals surface area contributed by atoms with Crippen molar-refractivity contribution in [3.8, 4) is 0 Å². The van der Waals surface area contributed by atoms with Crippen LogP contribution in [0.5, 0.6) is 0 Å². The molecule has 0 aliphatic carbocycles. The lowest BCUT2D eigenvalue weighted by Crippen LogP contribution is -2.41. The Bertz CT molecular complexity index is 710. The van der Waals surface area contributed by atoms with E-state index < -0.39 is 0 Å². The molecular formula is C19H24ClN3O3. The third kappa shape index (κ3) is 2.95. The highest BCUT2D eigenvalue weighted by molar-refractivity contribution is 6.30. The van der Waals surface area contributed by atoms with E-state index in [0.29, 0.717) is 36.8 Å². The lowest BCUT2D eigenvalue weighted by atomic mass is 9.73. The molecule has 26 heavy (non-hydrogen) atoms. The van der Waals surface area contributed by atoms with Crippen LogP contribution in [0.1, 0.15) is 30.1 Å². The SMILES string of the molecule is CCNC(=O)N1C[C@@H]2[C@H](CNC(=O)c3ccc(Cl)cc3)[C@H]3CC[C@]2(C1)O3. The van der Waals surface area contributed by atoms with E-state index >= 15 is 0 Å². The molecular weight excluding hydrogens is 354 g/mol. The highest BCUT2D eigenvalue weighted by atomic mass is 35.5. The molecule has 3 amide bonds. The maximum absolute atomic E-state index is 12.4. The molecule has 3 aliphatic heterocycles. The second-order valence-electron chi connectivity index (χ2n) is 7.46. The number of benzene rings is 1. The maximum atomic E-state index is 12.4. The first-order chi connectivity index (χ1) is 12.5. The molecule has 3 heterocycles. The summed E-state index contributed by atoms with van der Waals surface area (Å²) >= 11 is 5.88. The fourth-order valence-corrected chi connectivity index (χ4v) is 4.92. The van der Waals surface area contributed by atoms with Crippen LogP contribution in [0.15, 0.2) is 24.3 Å². The summed E-state index contributed by atoms with van der Waals surface area (Å²) in [5.41, 5.74) is 0.384. The number of carbonyl (C=O) groups is 2. The predicted octanol–water partition coefficient (Wildman–Crippen LogP) is 2.28. The van der Waals surface area contributed by atoms with Crippen LogP contribution in [0.4, 0.5) is 4.79 Å². The molecule has 1 aromatic rings. The Labute approximate surface area is 158 Å². The zero-order valence-electron chi connectivity index (χ0n) is 14.8. The van der Waals surface area contributed by atoms with E-state index in [1.165, 1.54) is 0 Å². The van der Waals surface area contributed by atoms with Gasteiger partial charge in [0.05, 0.1) is 18.2 Å². The van der Waals surface area contributed by atoms with Crippen molar-refractivity contribution in [1.29, 1.82) is 0 Å². The highest BCUT2D eigenvalue weighted by Crippen LogP contribution is 2.54. The van der Waals surface area contributed by atoms with Crippen LogP contribution >= 0.6 is 11.6 Å². The summed E-state index contributed by atoms with van der Waals surface area (Å²) in [6, 6.07) is 6.86. The lowest BCUT2D eigenvalue weighted by molar-refractivity contribution is 0.00555. The monoisotopic (exact) mass is 377 g/mol. The quantitative estimate of drug-likeness (QED) is 0.845. The zero-order chi connectivity index (χ0) is 18.3. The number of fused-ring (bicyclic) bond motifs is 1. The van der Waals surface area contributed by atoms with Gasteiger partial charge in [-0.15, -0.1) is 0 Å². The summed E-state index contributed by atoms with van der Waals surface area (Å²) in [6.07, 6.45) is 2.18. The molecule has 140 valence electrons. The van der Waals surface area contributed by atoms with Crippen LogP contribution in [-0.4, -0.2) is 54.7 Å². The van der Waals surface area contributed by atoms with E-state index in [1.54, 1.807) is 24.3 Å². The van der Waals surface area contributed by atoms with E-state index in [9.17, 15) is 9.59 Å². The van der Waals surface area contributed by atoms with Gasteiger partial charge < -0.3 is 20.3 Å². The van der Waals surface area contributed by atoms with E-state index in [0.717, 1.165) is 12.8 Å². The Morgan fingerprint density at radius 2 is 2.08 bits per heavy atom. The topological polar surface area (TPSA) is 70.7 Å². The summed E-state index contributed by atoms with van der Waals surface area (Å²) in [7, 11) is 0. The minimum atomic E-state index is -0.217. The fourth-order valence-electron chi connectivity index (χ4n) is 4.80. The Hall–Kier alpha value is -1.79. The normalized spacial score (nSPS) is 31.8. The van der Waals surface area contributed by atoms with Gasteiger partial charge in [0, 0.05) is 42.1 Å². The minimum absolute atomic E-state index is 0.0210. The number of carbonyl (C=O) groups excluding carboxylic acids is 2. The van der Waals surface area contributed by atoms with Gasteiger partial charge >= 0.3 is 6.03 Å². The van der Waals surface area contributed by atoms with Crippen molar-refractivity contribution >= 4 is 23.5 Å². The van der Waals surface area contributed by atoms with Crippen LogP contribution in [0.2, 0.25) is 5.02 Å². The molecule has 2 bridgehead atoms. The Balaban J connectivity index is 1.41. The molecule has 0 saturated carbocycles. The number of halogens is 1. The third-order valence-electron chi connectivity index (χ3n) is 6.00. The van der Waals surface area contributed by atoms with Gasteiger partial charge in [-0.1, -0.05) is 11.6 Å². The van der Waals surface area contributed by atoms with Crippen LogP contribution in [0, 0.1) is 11.8 Å². The number of hydrogen-bond acceptors (Lipinski definition) is 3. The number of likely N-dealkylation sites (tertiary alicyclic amines) is 1. The van der Waals surface area contributed by atoms with Crippen LogP contribution < -0.4 is 10.6 Å². The third-order valence-corrected chi connectivity index (χ3v) is 6.26. The highest BCUT2D eigenvalue weighted by Gasteiger charge is 2.63. The average Bonchev–Trinajstić information content (AvgIpc) is 3.29. The van der Waals surface area contributed by atoms with Gasteiger partial charge in [0.1, 0.15) is 0 Å². The molecule has 1 aromatic carbocycles. The smallest absolute Gasteiger partial charge is 0.317 e. The van der Waals surface area contributed by atoms with Gasteiger partial charge in [-0.2, -0.15) is 0 Å². The number of rotatable bonds is 4. The van der Waals surface area contributed by atoms with Gasteiger partial charge in [0.2, 0.25) is 0 Å². The van der Waals surface area contributed by atoms with Crippen molar-refractivity contribution in [1.82, 2.24) is 15.5 Å². The van der Waals surface area contributed by atoms with Crippen LogP contribution in [0.3, 0.4) is 0 Å². The standard InChI is InChI=1S/C19H24ClN3O3/c1-2-21-18(25)23-10-15-14(16-7-8-19(15,11-23)26-16)9-22-17(24)12-3-5-13(20)6-4-12/h3-6,14-16H,2,7-11H2,1H3,(H,21,25)(H,22,24)/t14-,15+,16+,19+/m0/s1.